The Morgan fingerprint density at radius 2 is 2.50 bits per heavy atom. The van der Waals surface area contributed by atoms with Gasteiger partial charge in [0, 0.05) is 19.1 Å². The van der Waals surface area contributed by atoms with Gasteiger partial charge in [-0.3, -0.25) is 4.79 Å². The van der Waals surface area contributed by atoms with Gasteiger partial charge in [-0.1, -0.05) is 0 Å². The smallest absolute Gasteiger partial charge is 0.168 e. The molecule has 1 aromatic heterocycles. The minimum absolute atomic E-state index is 0.661. The lowest BCUT2D eigenvalue weighted by atomic mass is 10.4. The highest BCUT2D eigenvalue weighted by atomic mass is 16.1. The van der Waals surface area contributed by atoms with Crippen LogP contribution in [0.1, 0.15) is 23.3 Å². The second kappa shape index (κ2) is 3.92. The lowest BCUT2D eigenvalue weighted by Gasteiger charge is -2.15. The molecule has 1 saturated carbocycles. The molecule has 1 aliphatic carbocycles. The molecule has 4 heteroatoms. The summed E-state index contributed by atoms with van der Waals surface area (Å²) in [7, 11) is 2.13. The predicted octanol–water partition coefficient (Wildman–Crippen LogP) is 0.790. The molecule has 4 nitrogen and oxygen atoms in total. The van der Waals surface area contributed by atoms with E-state index in [1.165, 1.54) is 12.8 Å². The summed E-state index contributed by atoms with van der Waals surface area (Å²) in [5.41, 5.74) is 0.661. The number of hydrogen-bond acceptors (Lipinski definition) is 3. The van der Waals surface area contributed by atoms with Gasteiger partial charge < -0.3 is 9.47 Å². The zero-order valence-electron chi connectivity index (χ0n) is 8.39. The molecule has 0 amide bonds. The molecule has 14 heavy (non-hydrogen) atoms. The lowest BCUT2D eigenvalue weighted by molar-refractivity contribution is 0.111. The standard InChI is InChI=1S/C10H15N3O/c1-12(9-2-3-9)4-5-13-8-11-6-10(13)7-14/h6-9H,2-5H2,1H3. The molecule has 0 saturated heterocycles. The van der Waals surface area contributed by atoms with Crippen LogP contribution in [0.4, 0.5) is 0 Å². The lowest BCUT2D eigenvalue weighted by Crippen LogP contribution is -2.25. The predicted molar refractivity (Wildman–Crippen MR) is 53.3 cm³/mol. The first-order chi connectivity index (χ1) is 6.81. The number of likely N-dealkylation sites (N-methyl/N-ethyl adjacent to an activating group) is 1. The van der Waals surface area contributed by atoms with E-state index in [1.807, 2.05) is 4.57 Å². The molecule has 0 unspecified atom stereocenters. The SMILES string of the molecule is CN(CCn1cncc1C=O)C1CC1. The van der Waals surface area contributed by atoms with Gasteiger partial charge in [0.15, 0.2) is 6.29 Å². The zero-order chi connectivity index (χ0) is 9.97. The number of carbonyl (C=O) groups excluding carboxylic acids is 1. The van der Waals surface area contributed by atoms with Crippen LogP contribution in [0.25, 0.3) is 0 Å². The number of imidazole rings is 1. The Morgan fingerprint density at radius 3 is 3.14 bits per heavy atom. The van der Waals surface area contributed by atoms with Crippen LogP contribution in [0, 0.1) is 0 Å². The topological polar surface area (TPSA) is 38.1 Å². The quantitative estimate of drug-likeness (QED) is 0.649. The van der Waals surface area contributed by atoms with Gasteiger partial charge in [-0.2, -0.15) is 0 Å². The molecule has 1 heterocycles. The summed E-state index contributed by atoms with van der Waals surface area (Å²) < 4.78 is 1.89. The number of carbonyl (C=O) groups is 1. The number of rotatable bonds is 5. The molecule has 1 aromatic rings. The first kappa shape index (κ1) is 9.40. The van der Waals surface area contributed by atoms with E-state index in [4.69, 9.17) is 0 Å². The van der Waals surface area contributed by atoms with Crippen molar-refractivity contribution in [3.05, 3.63) is 18.2 Å². The highest BCUT2D eigenvalue weighted by Crippen LogP contribution is 2.24. The minimum Gasteiger partial charge on any atom is -0.327 e. The van der Waals surface area contributed by atoms with Gasteiger partial charge in [0.05, 0.1) is 12.5 Å². The number of aromatic nitrogens is 2. The maximum atomic E-state index is 10.6. The third kappa shape index (κ3) is 2.01. The van der Waals surface area contributed by atoms with E-state index in [9.17, 15) is 4.79 Å². The van der Waals surface area contributed by atoms with E-state index < -0.39 is 0 Å². The van der Waals surface area contributed by atoms with Gasteiger partial charge >= 0.3 is 0 Å². The first-order valence-electron chi connectivity index (χ1n) is 4.97. The Hall–Kier alpha value is -1.16. The average molecular weight is 193 g/mol. The monoisotopic (exact) mass is 193 g/mol. The van der Waals surface area contributed by atoms with Crippen LogP contribution in [0.5, 0.6) is 0 Å². The summed E-state index contributed by atoms with van der Waals surface area (Å²) in [5.74, 6) is 0. The van der Waals surface area contributed by atoms with Crippen molar-refractivity contribution in [2.45, 2.75) is 25.4 Å². The van der Waals surface area contributed by atoms with E-state index in [-0.39, 0.29) is 0 Å². The van der Waals surface area contributed by atoms with Crippen molar-refractivity contribution in [2.75, 3.05) is 13.6 Å². The molecule has 0 atom stereocenters. The van der Waals surface area contributed by atoms with Crippen LogP contribution in [0.15, 0.2) is 12.5 Å². The highest BCUT2D eigenvalue weighted by molar-refractivity contribution is 5.71. The normalized spacial score (nSPS) is 16.1. The van der Waals surface area contributed by atoms with Gasteiger partial charge in [0.2, 0.25) is 0 Å². The molecule has 0 aliphatic heterocycles. The molecular weight excluding hydrogens is 178 g/mol. The van der Waals surface area contributed by atoms with Gasteiger partial charge in [-0.15, -0.1) is 0 Å². The summed E-state index contributed by atoms with van der Waals surface area (Å²) in [5, 5.41) is 0. The van der Waals surface area contributed by atoms with Crippen molar-refractivity contribution in [3.8, 4) is 0 Å². The van der Waals surface area contributed by atoms with Crippen LogP contribution < -0.4 is 0 Å². The number of nitrogens with zero attached hydrogens (tertiary/aromatic N) is 3. The molecule has 0 bridgehead atoms. The Kier molecular flexibility index (Phi) is 2.63. The van der Waals surface area contributed by atoms with E-state index in [1.54, 1.807) is 12.5 Å². The Balaban J connectivity index is 1.87. The van der Waals surface area contributed by atoms with E-state index in [0.717, 1.165) is 25.4 Å². The van der Waals surface area contributed by atoms with Crippen molar-refractivity contribution in [2.24, 2.45) is 0 Å². The Morgan fingerprint density at radius 1 is 1.71 bits per heavy atom. The summed E-state index contributed by atoms with van der Waals surface area (Å²) in [6.45, 7) is 1.84. The fraction of sp³-hybridized carbons (Fsp3) is 0.600. The molecule has 0 spiro atoms. The zero-order valence-corrected chi connectivity index (χ0v) is 8.39. The minimum atomic E-state index is 0.661. The van der Waals surface area contributed by atoms with Gasteiger partial charge in [0.25, 0.3) is 0 Å². The van der Waals surface area contributed by atoms with Gasteiger partial charge in [0.1, 0.15) is 5.69 Å². The van der Waals surface area contributed by atoms with Gasteiger partial charge in [-0.25, -0.2) is 4.98 Å². The van der Waals surface area contributed by atoms with Crippen molar-refractivity contribution in [3.63, 3.8) is 0 Å². The third-order valence-electron chi connectivity index (χ3n) is 2.73. The summed E-state index contributed by atoms with van der Waals surface area (Å²) in [6, 6.07) is 0.776. The molecule has 0 N–H and O–H groups in total. The fourth-order valence-corrected chi connectivity index (χ4v) is 1.58. The summed E-state index contributed by atoms with van der Waals surface area (Å²) in [6.07, 6.45) is 6.81. The average Bonchev–Trinajstić information content (AvgIpc) is 2.94. The Labute approximate surface area is 83.5 Å². The Bertz CT molecular complexity index is 317. The van der Waals surface area contributed by atoms with Crippen molar-refractivity contribution in [1.29, 1.82) is 0 Å². The summed E-state index contributed by atoms with van der Waals surface area (Å²) in [4.78, 5) is 16.9. The molecule has 0 aromatic carbocycles. The maximum Gasteiger partial charge on any atom is 0.168 e. The molecule has 1 aliphatic rings. The molecule has 0 radical (unpaired) electrons. The summed E-state index contributed by atoms with van der Waals surface area (Å²) >= 11 is 0. The molecular formula is C10H15N3O. The van der Waals surface area contributed by atoms with Crippen molar-refractivity contribution < 1.29 is 4.79 Å². The largest absolute Gasteiger partial charge is 0.327 e. The first-order valence-corrected chi connectivity index (χ1v) is 4.97. The van der Waals surface area contributed by atoms with Crippen molar-refractivity contribution in [1.82, 2.24) is 14.5 Å². The number of aldehydes is 1. The van der Waals surface area contributed by atoms with E-state index >= 15 is 0 Å². The van der Waals surface area contributed by atoms with Gasteiger partial charge in [-0.05, 0) is 19.9 Å². The van der Waals surface area contributed by atoms with Crippen molar-refractivity contribution >= 4 is 6.29 Å². The maximum absolute atomic E-state index is 10.6. The highest BCUT2D eigenvalue weighted by Gasteiger charge is 2.25. The molecule has 76 valence electrons. The van der Waals surface area contributed by atoms with Crippen LogP contribution in [0.3, 0.4) is 0 Å². The van der Waals surface area contributed by atoms with E-state index in [2.05, 4.69) is 16.9 Å². The van der Waals surface area contributed by atoms with Crippen LogP contribution >= 0.6 is 0 Å². The van der Waals surface area contributed by atoms with Crippen LogP contribution in [-0.2, 0) is 6.54 Å². The number of hydrogen-bond donors (Lipinski definition) is 0. The van der Waals surface area contributed by atoms with E-state index in [0.29, 0.717) is 5.69 Å². The second-order valence-corrected chi connectivity index (χ2v) is 3.84. The van der Waals surface area contributed by atoms with Crippen LogP contribution in [-0.4, -0.2) is 40.4 Å². The molecule has 1 fully saturated rings. The van der Waals surface area contributed by atoms with Crippen LogP contribution in [0.2, 0.25) is 0 Å². The fourth-order valence-electron chi connectivity index (χ4n) is 1.58. The third-order valence-corrected chi connectivity index (χ3v) is 2.73. The second-order valence-electron chi connectivity index (χ2n) is 3.84. The molecule has 2 rings (SSSR count).